The minimum atomic E-state index is 0.593. The Kier molecular flexibility index (Phi) is 6.10. The van der Waals surface area contributed by atoms with Gasteiger partial charge >= 0.3 is 0 Å². The second-order valence-electron chi connectivity index (χ2n) is 6.57. The van der Waals surface area contributed by atoms with E-state index in [0.717, 1.165) is 37.3 Å². The maximum absolute atomic E-state index is 6.01. The number of guanidine groups is 1. The Morgan fingerprint density at radius 3 is 2.73 bits per heavy atom. The van der Waals surface area contributed by atoms with Crippen LogP contribution in [0.25, 0.3) is 0 Å². The van der Waals surface area contributed by atoms with Gasteiger partial charge < -0.3 is 15.4 Å². The number of rotatable bonds is 7. The van der Waals surface area contributed by atoms with E-state index in [-0.39, 0.29) is 0 Å². The lowest BCUT2D eigenvalue weighted by molar-refractivity contribution is 0.296. The Hall–Kier alpha value is -1.71. The molecule has 4 heteroatoms. The Morgan fingerprint density at radius 2 is 2.09 bits per heavy atom. The van der Waals surface area contributed by atoms with Gasteiger partial charge in [-0.25, -0.2) is 0 Å². The smallest absolute Gasteiger partial charge is 0.191 e. The molecule has 2 rings (SSSR count). The fourth-order valence-corrected chi connectivity index (χ4v) is 2.13. The zero-order valence-corrected chi connectivity index (χ0v) is 14.3. The molecule has 0 aromatic heterocycles. The maximum atomic E-state index is 6.01. The van der Waals surface area contributed by atoms with Crippen LogP contribution >= 0.6 is 0 Å². The van der Waals surface area contributed by atoms with Crippen LogP contribution in [-0.2, 0) is 6.54 Å². The summed E-state index contributed by atoms with van der Waals surface area (Å²) < 4.78 is 6.01. The molecule has 0 amide bonds. The standard InChI is InChI=1S/C18H29N3O/c1-13(2)10-20-18(19-4)21-11-16-8-5-14(3)9-17(16)22-12-15-6-7-15/h5,8-9,13,15H,6-7,10-12H2,1-4H3,(H2,19,20,21). The molecule has 122 valence electrons. The fraction of sp³-hybridized carbons (Fsp3) is 0.611. The average Bonchev–Trinajstić information content (AvgIpc) is 3.30. The molecule has 1 fully saturated rings. The zero-order valence-electron chi connectivity index (χ0n) is 14.3. The summed E-state index contributed by atoms with van der Waals surface area (Å²) in [6.07, 6.45) is 2.62. The minimum Gasteiger partial charge on any atom is -0.493 e. The van der Waals surface area contributed by atoms with Crippen molar-refractivity contribution in [1.82, 2.24) is 10.6 Å². The average molecular weight is 303 g/mol. The van der Waals surface area contributed by atoms with Gasteiger partial charge in [-0.3, -0.25) is 4.99 Å². The molecule has 0 saturated heterocycles. The fourth-order valence-electron chi connectivity index (χ4n) is 2.13. The van der Waals surface area contributed by atoms with Crippen molar-refractivity contribution >= 4 is 5.96 Å². The van der Waals surface area contributed by atoms with E-state index in [2.05, 4.69) is 54.6 Å². The first-order chi connectivity index (χ1) is 10.6. The molecule has 1 aromatic carbocycles. The van der Waals surface area contributed by atoms with E-state index in [1.165, 1.54) is 24.0 Å². The molecule has 0 aliphatic heterocycles. The Labute approximate surface area is 134 Å². The van der Waals surface area contributed by atoms with Crippen molar-refractivity contribution in [3.05, 3.63) is 29.3 Å². The number of hydrogen-bond acceptors (Lipinski definition) is 2. The molecule has 0 spiro atoms. The third-order valence-corrected chi connectivity index (χ3v) is 3.74. The summed E-state index contributed by atoms with van der Waals surface area (Å²) in [5.41, 5.74) is 2.41. The molecular weight excluding hydrogens is 274 g/mol. The predicted molar refractivity (Wildman–Crippen MR) is 92.4 cm³/mol. The molecule has 1 saturated carbocycles. The highest BCUT2D eigenvalue weighted by Crippen LogP contribution is 2.30. The van der Waals surface area contributed by atoms with Gasteiger partial charge in [0.25, 0.3) is 0 Å². The van der Waals surface area contributed by atoms with Crippen LogP contribution in [0.4, 0.5) is 0 Å². The van der Waals surface area contributed by atoms with Gasteiger partial charge in [0.1, 0.15) is 5.75 Å². The first kappa shape index (κ1) is 16.7. The summed E-state index contributed by atoms with van der Waals surface area (Å²) in [7, 11) is 1.80. The van der Waals surface area contributed by atoms with Crippen LogP contribution in [0.2, 0.25) is 0 Å². The normalized spacial score (nSPS) is 15.0. The molecular formula is C18H29N3O. The van der Waals surface area contributed by atoms with Crippen molar-refractivity contribution in [1.29, 1.82) is 0 Å². The SMILES string of the molecule is CN=C(NCc1ccc(C)cc1OCC1CC1)NCC(C)C. The van der Waals surface area contributed by atoms with Crippen LogP contribution < -0.4 is 15.4 Å². The number of aliphatic imine (C=N–C) groups is 1. The molecule has 2 N–H and O–H groups in total. The largest absolute Gasteiger partial charge is 0.493 e. The number of nitrogens with one attached hydrogen (secondary N) is 2. The summed E-state index contributed by atoms with van der Waals surface area (Å²) in [5.74, 6) is 3.19. The molecule has 0 heterocycles. The van der Waals surface area contributed by atoms with Crippen molar-refractivity contribution in [3.63, 3.8) is 0 Å². The van der Waals surface area contributed by atoms with Crippen LogP contribution in [0.3, 0.4) is 0 Å². The minimum absolute atomic E-state index is 0.593. The number of ether oxygens (including phenoxy) is 1. The van der Waals surface area contributed by atoms with E-state index in [1.54, 1.807) is 7.05 Å². The van der Waals surface area contributed by atoms with Crippen molar-refractivity contribution in [2.24, 2.45) is 16.8 Å². The van der Waals surface area contributed by atoms with E-state index in [1.807, 2.05) is 0 Å². The first-order valence-corrected chi connectivity index (χ1v) is 8.25. The third kappa shape index (κ3) is 5.58. The van der Waals surface area contributed by atoms with Gasteiger partial charge in [0, 0.05) is 25.7 Å². The molecule has 1 aliphatic carbocycles. The van der Waals surface area contributed by atoms with E-state index >= 15 is 0 Å². The van der Waals surface area contributed by atoms with Crippen LogP contribution in [-0.4, -0.2) is 26.2 Å². The predicted octanol–water partition coefficient (Wildman–Crippen LogP) is 3.10. The van der Waals surface area contributed by atoms with Crippen LogP contribution in [0.15, 0.2) is 23.2 Å². The molecule has 22 heavy (non-hydrogen) atoms. The van der Waals surface area contributed by atoms with E-state index in [0.29, 0.717) is 5.92 Å². The van der Waals surface area contributed by atoms with Crippen LogP contribution in [0, 0.1) is 18.8 Å². The van der Waals surface area contributed by atoms with Crippen molar-refractivity contribution < 1.29 is 4.74 Å². The molecule has 1 aliphatic rings. The highest BCUT2D eigenvalue weighted by Gasteiger charge is 2.22. The molecule has 1 aromatic rings. The lowest BCUT2D eigenvalue weighted by Gasteiger charge is -2.16. The number of nitrogens with zero attached hydrogens (tertiary/aromatic N) is 1. The number of benzene rings is 1. The lowest BCUT2D eigenvalue weighted by atomic mass is 10.1. The van der Waals surface area contributed by atoms with Gasteiger partial charge in [-0.15, -0.1) is 0 Å². The Morgan fingerprint density at radius 1 is 1.32 bits per heavy atom. The summed E-state index contributed by atoms with van der Waals surface area (Å²) in [4.78, 5) is 4.26. The van der Waals surface area contributed by atoms with Crippen LogP contribution in [0.5, 0.6) is 5.75 Å². The zero-order chi connectivity index (χ0) is 15.9. The number of hydrogen-bond donors (Lipinski definition) is 2. The molecule has 0 unspecified atom stereocenters. The first-order valence-electron chi connectivity index (χ1n) is 8.25. The summed E-state index contributed by atoms with van der Waals surface area (Å²) in [6.45, 7) is 8.95. The Balaban J connectivity index is 1.92. The van der Waals surface area contributed by atoms with E-state index in [9.17, 15) is 0 Å². The quantitative estimate of drug-likeness (QED) is 0.601. The number of aryl methyl sites for hydroxylation is 1. The van der Waals surface area contributed by atoms with Gasteiger partial charge in [0.05, 0.1) is 6.61 Å². The molecule has 0 bridgehead atoms. The van der Waals surface area contributed by atoms with Gasteiger partial charge in [-0.2, -0.15) is 0 Å². The highest BCUT2D eigenvalue weighted by molar-refractivity contribution is 5.79. The summed E-state index contributed by atoms with van der Waals surface area (Å²) >= 11 is 0. The maximum Gasteiger partial charge on any atom is 0.191 e. The molecule has 0 radical (unpaired) electrons. The summed E-state index contributed by atoms with van der Waals surface area (Å²) in [6, 6.07) is 6.40. The van der Waals surface area contributed by atoms with Crippen molar-refractivity contribution in [2.75, 3.05) is 20.2 Å². The second-order valence-corrected chi connectivity index (χ2v) is 6.57. The van der Waals surface area contributed by atoms with Gasteiger partial charge in [0.15, 0.2) is 5.96 Å². The third-order valence-electron chi connectivity index (χ3n) is 3.74. The van der Waals surface area contributed by atoms with Crippen LogP contribution in [0.1, 0.15) is 37.8 Å². The molecule has 4 nitrogen and oxygen atoms in total. The van der Waals surface area contributed by atoms with Gasteiger partial charge in [-0.1, -0.05) is 26.0 Å². The van der Waals surface area contributed by atoms with Crippen molar-refractivity contribution in [2.45, 2.75) is 40.2 Å². The van der Waals surface area contributed by atoms with Gasteiger partial charge in [0.2, 0.25) is 0 Å². The summed E-state index contributed by atoms with van der Waals surface area (Å²) in [5, 5.41) is 6.69. The highest BCUT2D eigenvalue weighted by atomic mass is 16.5. The van der Waals surface area contributed by atoms with E-state index in [4.69, 9.17) is 4.74 Å². The van der Waals surface area contributed by atoms with Crippen molar-refractivity contribution in [3.8, 4) is 5.75 Å². The molecule has 0 atom stereocenters. The lowest BCUT2D eigenvalue weighted by Crippen LogP contribution is -2.38. The Bertz CT molecular complexity index is 507. The topological polar surface area (TPSA) is 45.7 Å². The monoisotopic (exact) mass is 303 g/mol. The van der Waals surface area contributed by atoms with Gasteiger partial charge in [-0.05, 0) is 43.2 Å². The van der Waals surface area contributed by atoms with E-state index < -0.39 is 0 Å². The second kappa shape index (κ2) is 8.06.